The molecule has 0 fully saturated rings. The number of nitrogens with one attached hydrogen (secondary N) is 1. The normalized spacial score (nSPS) is 12.7. The smallest absolute Gasteiger partial charge is 0.0642 e. The molecule has 0 bridgehead atoms. The van der Waals surface area contributed by atoms with Gasteiger partial charge in [0.1, 0.15) is 0 Å². The molecule has 1 atom stereocenters. The van der Waals surface area contributed by atoms with Crippen molar-refractivity contribution in [2.45, 2.75) is 39.8 Å². The number of para-hydroxylation sites is 1. The topological polar surface area (TPSA) is 15.3 Å². The molecule has 0 aliphatic heterocycles. The quantitative estimate of drug-likeness (QED) is 0.709. The van der Waals surface area contributed by atoms with E-state index in [-0.39, 0.29) is 0 Å². The van der Waals surface area contributed by atoms with Crippen molar-refractivity contribution in [3.63, 3.8) is 0 Å². The number of rotatable bonds is 9. The molecule has 0 amide bonds. The van der Waals surface area contributed by atoms with E-state index in [1.54, 1.807) is 0 Å². The third-order valence-electron chi connectivity index (χ3n) is 3.67. The second-order valence-electron chi connectivity index (χ2n) is 5.90. The summed E-state index contributed by atoms with van der Waals surface area (Å²) in [5.41, 5.74) is 2.46. The molecule has 0 saturated heterocycles. The van der Waals surface area contributed by atoms with Gasteiger partial charge in [-0.2, -0.15) is 11.8 Å². The van der Waals surface area contributed by atoms with Crippen LogP contribution in [0.1, 0.15) is 32.8 Å². The van der Waals surface area contributed by atoms with Crippen LogP contribution in [0.15, 0.2) is 18.2 Å². The van der Waals surface area contributed by atoms with Gasteiger partial charge in [-0.15, -0.1) is 0 Å². The molecule has 0 spiro atoms. The molecule has 0 radical (unpaired) electrons. The first-order chi connectivity index (χ1) is 10.0. The lowest BCUT2D eigenvalue weighted by atomic mass is 10.1. The summed E-state index contributed by atoms with van der Waals surface area (Å²) >= 11 is 8.38. The predicted molar refractivity (Wildman–Crippen MR) is 98.9 cm³/mol. The number of nitrogens with zero attached hydrogens (tertiary/aromatic N) is 1. The summed E-state index contributed by atoms with van der Waals surface area (Å²) in [5.74, 6) is 1.78. The van der Waals surface area contributed by atoms with E-state index in [0.29, 0.717) is 12.0 Å². The summed E-state index contributed by atoms with van der Waals surface area (Å²) in [4.78, 5) is 2.35. The van der Waals surface area contributed by atoms with Crippen molar-refractivity contribution >= 4 is 29.1 Å². The summed E-state index contributed by atoms with van der Waals surface area (Å²) in [6.07, 6.45) is 3.29. The Bertz CT molecular complexity index is 423. The third kappa shape index (κ3) is 5.72. The highest BCUT2D eigenvalue weighted by Crippen LogP contribution is 2.31. The van der Waals surface area contributed by atoms with Crippen LogP contribution in [-0.4, -0.2) is 31.6 Å². The molecule has 1 unspecified atom stereocenters. The molecule has 2 nitrogen and oxygen atoms in total. The maximum Gasteiger partial charge on any atom is 0.0642 e. The van der Waals surface area contributed by atoms with Crippen molar-refractivity contribution < 1.29 is 0 Å². The van der Waals surface area contributed by atoms with Crippen LogP contribution in [0.25, 0.3) is 0 Å². The molecule has 0 aromatic heterocycles. The minimum Gasteiger partial charge on any atom is -0.369 e. The Kier molecular flexibility index (Phi) is 8.53. The lowest BCUT2D eigenvalue weighted by Gasteiger charge is -2.31. The molecule has 1 N–H and O–H groups in total. The second kappa shape index (κ2) is 9.60. The van der Waals surface area contributed by atoms with E-state index in [1.165, 1.54) is 11.3 Å². The molecular weight excluding hydrogens is 300 g/mol. The maximum absolute atomic E-state index is 6.49. The number of anilines is 1. The van der Waals surface area contributed by atoms with Gasteiger partial charge >= 0.3 is 0 Å². The van der Waals surface area contributed by atoms with Gasteiger partial charge in [-0.05, 0) is 36.8 Å². The molecule has 4 heteroatoms. The fourth-order valence-electron chi connectivity index (χ4n) is 2.47. The van der Waals surface area contributed by atoms with Crippen molar-refractivity contribution in [3.8, 4) is 0 Å². The summed E-state index contributed by atoms with van der Waals surface area (Å²) in [6.45, 7) is 8.59. The monoisotopic (exact) mass is 328 g/mol. The molecule has 120 valence electrons. The fourth-order valence-corrected chi connectivity index (χ4v) is 3.64. The summed E-state index contributed by atoms with van der Waals surface area (Å²) < 4.78 is 0. The first kappa shape index (κ1) is 18.7. The molecule has 0 saturated carbocycles. The van der Waals surface area contributed by atoms with Crippen molar-refractivity contribution in [2.24, 2.45) is 5.92 Å². The van der Waals surface area contributed by atoms with E-state index >= 15 is 0 Å². The fraction of sp³-hybridized carbons (Fsp3) is 0.647. The summed E-state index contributed by atoms with van der Waals surface area (Å²) in [7, 11) is 2.16. The van der Waals surface area contributed by atoms with Crippen molar-refractivity contribution in [3.05, 3.63) is 28.8 Å². The first-order valence-corrected chi connectivity index (χ1v) is 9.48. The molecule has 0 heterocycles. The third-order valence-corrected chi connectivity index (χ3v) is 4.69. The maximum atomic E-state index is 6.49. The number of halogens is 1. The molecule has 1 aromatic carbocycles. The van der Waals surface area contributed by atoms with Crippen molar-refractivity contribution in [1.29, 1.82) is 0 Å². The Hall–Kier alpha value is -0.380. The standard InChI is InChI=1S/C17H29ClN2S/c1-6-15(12-21-5)20(4)17-14(8-7-9-16(17)18)11-19-10-13(2)3/h7-9,13,15,19H,6,10-12H2,1-5H3. The van der Waals surface area contributed by atoms with Gasteiger partial charge in [-0.1, -0.05) is 44.5 Å². The Morgan fingerprint density at radius 2 is 2.05 bits per heavy atom. The van der Waals surface area contributed by atoms with Crippen molar-refractivity contribution in [2.75, 3.05) is 30.5 Å². The molecule has 1 rings (SSSR count). The SMILES string of the molecule is CCC(CSC)N(C)c1c(Cl)cccc1CNCC(C)C. The first-order valence-electron chi connectivity index (χ1n) is 7.71. The van der Waals surface area contributed by atoms with E-state index in [4.69, 9.17) is 11.6 Å². The lowest BCUT2D eigenvalue weighted by Crippen LogP contribution is -2.34. The Morgan fingerprint density at radius 1 is 1.33 bits per heavy atom. The summed E-state index contributed by atoms with van der Waals surface area (Å²) in [6, 6.07) is 6.73. The number of benzene rings is 1. The van der Waals surface area contributed by atoms with Gasteiger partial charge in [0, 0.05) is 25.4 Å². The Labute approximate surface area is 139 Å². The highest BCUT2D eigenvalue weighted by Gasteiger charge is 2.18. The van der Waals surface area contributed by atoms with Crippen molar-refractivity contribution in [1.82, 2.24) is 5.32 Å². The zero-order valence-electron chi connectivity index (χ0n) is 13.9. The molecule has 1 aromatic rings. The molecular formula is C17H29ClN2S. The van der Waals surface area contributed by atoms with Gasteiger partial charge in [0.05, 0.1) is 10.7 Å². The molecule has 0 aliphatic carbocycles. The second-order valence-corrected chi connectivity index (χ2v) is 7.22. The summed E-state index contributed by atoms with van der Waals surface area (Å²) in [5, 5.41) is 4.37. The largest absolute Gasteiger partial charge is 0.369 e. The van der Waals surface area contributed by atoms with Gasteiger partial charge in [-0.25, -0.2) is 0 Å². The Balaban J connectivity index is 2.92. The van der Waals surface area contributed by atoms with Crippen LogP contribution in [0.2, 0.25) is 5.02 Å². The van der Waals surface area contributed by atoms with E-state index < -0.39 is 0 Å². The van der Waals surface area contributed by atoms with Crippen LogP contribution >= 0.6 is 23.4 Å². The van der Waals surface area contributed by atoms with Crippen LogP contribution < -0.4 is 10.2 Å². The minimum atomic E-state index is 0.517. The zero-order chi connectivity index (χ0) is 15.8. The van der Waals surface area contributed by atoms with Crippen LogP contribution in [0, 0.1) is 5.92 Å². The number of hydrogen-bond donors (Lipinski definition) is 1. The van der Waals surface area contributed by atoms with E-state index in [1.807, 2.05) is 23.9 Å². The highest BCUT2D eigenvalue weighted by atomic mass is 35.5. The van der Waals surface area contributed by atoms with Gasteiger partial charge in [-0.3, -0.25) is 0 Å². The average Bonchev–Trinajstić information content (AvgIpc) is 2.44. The van der Waals surface area contributed by atoms with Gasteiger partial charge in [0.15, 0.2) is 0 Å². The Morgan fingerprint density at radius 3 is 2.62 bits per heavy atom. The lowest BCUT2D eigenvalue weighted by molar-refractivity contribution is 0.551. The molecule has 21 heavy (non-hydrogen) atoms. The number of thioether (sulfide) groups is 1. The molecule has 0 aliphatic rings. The zero-order valence-corrected chi connectivity index (χ0v) is 15.5. The number of hydrogen-bond acceptors (Lipinski definition) is 3. The minimum absolute atomic E-state index is 0.517. The average molecular weight is 329 g/mol. The van der Waals surface area contributed by atoms with Gasteiger partial charge in [0.2, 0.25) is 0 Å². The van der Waals surface area contributed by atoms with E-state index in [2.05, 4.69) is 50.4 Å². The highest BCUT2D eigenvalue weighted by molar-refractivity contribution is 7.98. The van der Waals surface area contributed by atoms with Crippen LogP contribution in [-0.2, 0) is 6.54 Å². The van der Waals surface area contributed by atoms with Crippen LogP contribution in [0.5, 0.6) is 0 Å². The van der Waals surface area contributed by atoms with Gasteiger partial charge < -0.3 is 10.2 Å². The van der Waals surface area contributed by atoms with Crippen LogP contribution in [0.3, 0.4) is 0 Å². The van der Waals surface area contributed by atoms with E-state index in [9.17, 15) is 0 Å². The predicted octanol–water partition coefficient (Wildman–Crippen LogP) is 4.66. The van der Waals surface area contributed by atoms with E-state index in [0.717, 1.165) is 30.3 Å². The van der Waals surface area contributed by atoms with Crippen LogP contribution in [0.4, 0.5) is 5.69 Å². The van der Waals surface area contributed by atoms with Gasteiger partial charge in [0.25, 0.3) is 0 Å².